The van der Waals surface area contributed by atoms with Gasteiger partial charge >= 0.3 is 0 Å². The van der Waals surface area contributed by atoms with Crippen LogP contribution in [0.2, 0.25) is 0 Å². The zero-order valence-corrected chi connectivity index (χ0v) is 13.4. The number of hydrogen-bond acceptors (Lipinski definition) is 6. The molecule has 0 bridgehead atoms. The number of fused-ring (bicyclic) bond motifs is 1. The van der Waals surface area contributed by atoms with E-state index in [-0.39, 0.29) is 6.10 Å². The first-order valence-electron chi connectivity index (χ1n) is 8.12. The summed E-state index contributed by atoms with van der Waals surface area (Å²) in [6.45, 7) is 3.33. The van der Waals surface area contributed by atoms with Gasteiger partial charge in [-0.15, -0.1) is 0 Å². The van der Waals surface area contributed by atoms with Gasteiger partial charge in [-0.25, -0.2) is 4.98 Å². The second-order valence-corrected chi connectivity index (χ2v) is 5.96. The van der Waals surface area contributed by atoms with Crippen molar-refractivity contribution in [2.24, 2.45) is 4.99 Å². The molecule has 6 heteroatoms. The van der Waals surface area contributed by atoms with Crippen LogP contribution in [-0.2, 0) is 9.47 Å². The molecule has 3 heterocycles. The molecule has 2 aromatic rings. The summed E-state index contributed by atoms with van der Waals surface area (Å²) in [4.78, 5) is 8.71. The highest BCUT2D eigenvalue weighted by Gasteiger charge is 2.15. The lowest BCUT2D eigenvalue weighted by Gasteiger charge is -2.24. The van der Waals surface area contributed by atoms with Crippen LogP contribution < -0.4 is 11.1 Å². The number of nitrogens with zero attached hydrogens (tertiary/aromatic N) is 2. The van der Waals surface area contributed by atoms with Gasteiger partial charge in [-0.2, -0.15) is 0 Å². The molecule has 0 aliphatic carbocycles. The SMILES string of the molecule is Nc1cc(NCC2COCCO2)c2ccc(C3=CC=NC3)cc2n1. The van der Waals surface area contributed by atoms with E-state index in [2.05, 4.69) is 33.5 Å². The molecule has 1 unspecified atom stereocenters. The number of ether oxygens (including phenoxy) is 2. The monoisotopic (exact) mass is 324 g/mol. The van der Waals surface area contributed by atoms with E-state index in [4.69, 9.17) is 15.2 Å². The van der Waals surface area contributed by atoms with Gasteiger partial charge in [0.1, 0.15) is 5.82 Å². The fourth-order valence-electron chi connectivity index (χ4n) is 3.01. The number of aliphatic imine (C=N–C) groups is 1. The number of pyridine rings is 1. The fraction of sp³-hybridized carbons (Fsp3) is 0.333. The minimum atomic E-state index is 0.0586. The van der Waals surface area contributed by atoms with Crippen molar-refractivity contribution in [3.8, 4) is 0 Å². The zero-order chi connectivity index (χ0) is 16.4. The molecule has 0 amide bonds. The van der Waals surface area contributed by atoms with E-state index in [9.17, 15) is 0 Å². The quantitative estimate of drug-likeness (QED) is 0.900. The van der Waals surface area contributed by atoms with Crippen molar-refractivity contribution in [3.63, 3.8) is 0 Å². The predicted molar refractivity (Wildman–Crippen MR) is 96.5 cm³/mol. The molecule has 0 saturated carbocycles. The standard InChI is InChI=1S/C18H20N4O2/c19-18-8-16(21-10-14-11-23-5-6-24-14)15-2-1-12(7-17(15)22-18)13-3-4-20-9-13/h1-4,7-8,14H,5-6,9-11H2,(H3,19,21,22). The number of rotatable bonds is 4. The molecular formula is C18H20N4O2. The summed E-state index contributed by atoms with van der Waals surface area (Å²) in [6.07, 6.45) is 3.93. The maximum Gasteiger partial charge on any atom is 0.126 e. The van der Waals surface area contributed by atoms with Crippen LogP contribution in [0.5, 0.6) is 0 Å². The summed E-state index contributed by atoms with van der Waals surface area (Å²) < 4.78 is 11.1. The molecule has 1 saturated heterocycles. The summed E-state index contributed by atoms with van der Waals surface area (Å²) in [5.41, 5.74) is 10.2. The van der Waals surface area contributed by atoms with Crippen LogP contribution in [0.1, 0.15) is 5.56 Å². The molecule has 1 atom stereocenters. The van der Waals surface area contributed by atoms with Gasteiger partial charge in [-0.1, -0.05) is 12.1 Å². The van der Waals surface area contributed by atoms with E-state index in [0.29, 0.717) is 32.2 Å². The lowest BCUT2D eigenvalue weighted by molar-refractivity contribution is -0.0818. The molecular weight excluding hydrogens is 304 g/mol. The summed E-state index contributed by atoms with van der Waals surface area (Å²) in [6, 6.07) is 8.12. The molecule has 6 nitrogen and oxygen atoms in total. The van der Waals surface area contributed by atoms with Crippen LogP contribution in [0.25, 0.3) is 16.5 Å². The predicted octanol–water partition coefficient (Wildman–Crippen LogP) is 2.11. The van der Waals surface area contributed by atoms with E-state index < -0.39 is 0 Å². The van der Waals surface area contributed by atoms with Crippen LogP contribution in [0.4, 0.5) is 11.5 Å². The first kappa shape index (κ1) is 15.1. The van der Waals surface area contributed by atoms with Crippen molar-refractivity contribution in [2.45, 2.75) is 6.10 Å². The minimum absolute atomic E-state index is 0.0586. The molecule has 1 aromatic carbocycles. The first-order valence-corrected chi connectivity index (χ1v) is 8.12. The Balaban J connectivity index is 1.60. The molecule has 4 rings (SSSR count). The number of allylic oxidation sites excluding steroid dienone is 1. The molecule has 1 aromatic heterocycles. The normalized spacial score (nSPS) is 20.3. The second kappa shape index (κ2) is 6.59. The van der Waals surface area contributed by atoms with Crippen LogP contribution in [0, 0.1) is 0 Å². The van der Waals surface area contributed by atoms with Gasteiger partial charge in [-0.3, -0.25) is 4.99 Å². The Morgan fingerprint density at radius 3 is 3.00 bits per heavy atom. The maximum atomic E-state index is 5.99. The summed E-state index contributed by atoms with van der Waals surface area (Å²) >= 11 is 0. The van der Waals surface area contributed by atoms with Crippen LogP contribution >= 0.6 is 0 Å². The number of aromatic nitrogens is 1. The molecule has 1 fully saturated rings. The highest BCUT2D eigenvalue weighted by Crippen LogP contribution is 2.28. The van der Waals surface area contributed by atoms with Crippen LogP contribution in [-0.4, -0.2) is 50.2 Å². The van der Waals surface area contributed by atoms with E-state index in [0.717, 1.165) is 28.7 Å². The number of benzene rings is 1. The molecule has 124 valence electrons. The molecule has 0 radical (unpaired) electrons. The van der Waals surface area contributed by atoms with Crippen molar-refractivity contribution >= 4 is 34.2 Å². The van der Waals surface area contributed by atoms with Crippen molar-refractivity contribution in [3.05, 3.63) is 35.9 Å². The molecule has 2 aliphatic rings. The number of nitrogens with one attached hydrogen (secondary N) is 1. The van der Waals surface area contributed by atoms with Gasteiger partial charge < -0.3 is 20.5 Å². The summed E-state index contributed by atoms with van der Waals surface area (Å²) in [7, 11) is 0. The van der Waals surface area contributed by atoms with Gasteiger partial charge in [0.05, 0.1) is 38.0 Å². The number of hydrogen-bond donors (Lipinski definition) is 2. The fourth-order valence-corrected chi connectivity index (χ4v) is 3.01. The average Bonchev–Trinajstić information content (AvgIpc) is 3.14. The third kappa shape index (κ3) is 3.11. The Kier molecular flexibility index (Phi) is 4.15. The maximum absolute atomic E-state index is 5.99. The second-order valence-electron chi connectivity index (χ2n) is 5.96. The van der Waals surface area contributed by atoms with E-state index in [1.807, 2.05) is 18.4 Å². The number of anilines is 2. The third-order valence-electron chi connectivity index (χ3n) is 4.25. The van der Waals surface area contributed by atoms with E-state index in [1.54, 1.807) is 0 Å². The molecule has 2 aliphatic heterocycles. The van der Waals surface area contributed by atoms with Crippen molar-refractivity contribution in [2.75, 3.05) is 44.0 Å². The average molecular weight is 324 g/mol. The number of nitrogens with two attached hydrogens (primary N) is 1. The lowest BCUT2D eigenvalue weighted by atomic mass is 10.0. The number of nitrogen functional groups attached to an aromatic ring is 1. The smallest absolute Gasteiger partial charge is 0.126 e. The van der Waals surface area contributed by atoms with Gasteiger partial charge in [0.15, 0.2) is 0 Å². The summed E-state index contributed by atoms with van der Waals surface area (Å²) in [5, 5.41) is 4.47. The van der Waals surface area contributed by atoms with Crippen molar-refractivity contribution < 1.29 is 9.47 Å². The van der Waals surface area contributed by atoms with Crippen molar-refractivity contribution in [1.29, 1.82) is 0 Å². The molecule has 0 spiro atoms. The minimum Gasteiger partial charge on any atom is -0.384 e. The largest absolute Gasteiger partial charge is 0.384 e. The van der Waals surface area contributed by atoms with Gasteiger partial charge in [-0.05, 0) is 23.3 Å². The molecule has 24 heavy (non-hydrogen) atoms. The van der Waals surface area contributed by atoms with Gasteiger partial charge in [0.25, 0.3) is 0 Å². The van der Waals surface area contributed by atoms with Gasteiger partial charge in [0.2, 0.25) is 0 Å². The zero-order valence-electron chi connectivity index (χ0n) is 13.4. The van der Waals surface area contributed by atoms with E-state index >= 15 is 0 Å². The van der Waals surface area contributed by atoms with Crippen molar-refractivity contribution in [1.82, 2.24) is 4.98 Å². The Morgan fingerprint density at radius 2 is 2.21 bits per heavy atom. The van der Waals surface area contributed by atoms with Crippen LogP contribution in [0.15, 0.2) is 35.3 Å². The summed E-state index contributed by atoms with van der Waals surface area (Å²) in [5.74, 6) is 0.500. The Morgan fingerprint density at radius 1 is 1.25 bits per heavy atom. The highest BCUT2D eigenvalue weighted by molar-refractivity contribution is 5.97. The van der Waals surface area contributed by atoms with Gasteiger partial charge in [0, 0.05) is 29.9 Å². The highest BCUT2D eigenvalue weighted by atomic mass is 16.6. The molecule has 3 N–H and O–H groups in total. The van der Waals surface area contributed by atoms with Crippen LogP contribution in [0.3, 0.4) is 0 Å². The first-order chi connectivity index (χ1) is 11.8. The van der Waals surface area contributed by atoms with E-state index in [1.165, 1.54) is 5.57 Å². The third-order valence-corrected chi connectivity index (χ3v) is 4.25. The Hall–Kier alpha value is -2.44. The Bertz CT molecular complexity index is 810. The lowest BCUT2D eigenvalue weighted by Crippen LogP contribution is -2.34. The topological polar surface area (TPSA) is 81.8 Å². The Labute approximate surface area is 140 Å².